The second kappa shape index (κ2) is 6.35. The van der Waals surface area contributed by atoms with E-state index in [4.69, 9.17) is 4.74 Å². The molecule has 0 saturated heterocycles. The van der Waals surface area contributed by atoms with Gasteiger partial charge in [-0.25, -0.2) is 4.39 Å². The summed E-state index contributed by atoms with van der Waals surface area (Å²) in [6.07, 6.45) is -0.840. The van der Waals surface area contributed by atoms with Gasteiger partial charge in [0.15, 0.2) is 0 Å². The first-order chi connectivity index (χ1) is 8.49. The summed E-state index contributed by atoms with van der Waals surface area (Å²) in [5.74, 6) is -2.26. The van der Waals surface area contributed by atoms with Gasteiger partial charge in [-0.15, -0.1) is 0 Å². The molecule has 18 heavy (non-hydrogen) atoms. The number of aliphatic hydroxyl groups is 1. The van der Waals surface area contributed by atoms with Crippen LogP contribution < -0.4 is 0 Å². The predicted molar refractivity (Wildman–Crippen MR) is 63.4 cm³/mol. The number of halogens is 1. The molecular formula is C13H17FO4. The molecule has 0 aliphatic rings. The average molecular weight is 256 g/mol. The summed E-state index contributed by atoms with van der Waals surface area (Å²) in [6.45, 7) is 3.62. The van der Waals surface area contributed by atoms with Crippen LogP contribution in [0.4, 0.5) is 4.39 Å². The molecule has 1 aromatic carbocycles. The fraction of sp³-hybridized carbons (Fsp3) is 0.462. The Morgan fingerprint density at radius 3 is 2.56 bits per heavy atom. The minimum atomic E-state index is -1.20. The lowest BCUT2D eigenvalue weighted by molar-refractivity contribution is -0.152. The van der Waals surface area contributed by atoms with E-state index in [2.05, 4.69) is 0 Å². The van der Waals surface area contributed by atoms with Crippen LogP contribution in [0.15, 0.2) is 18.2 Å². The summed E-state index contributed by atoms with van der Waals surface area (Å²) in [4.78, 5) is 11.6. The highest BCUT2D eigenvalue weighted by Gasteiger charge is 2.28. The van der Waals surface area contributed by atoms with Crippen molar-refractivity contribution in [2.24, 2.45) is 5.92 Å². The molecule has 4 nitrogen and oxygen atoms in total. The van der Waals surface area contributed by atoms with E-state index in [0.717, 1.165) is 12.1 Å². The van der Waals surface area contributed by atoms with Crippen LogP contribution in [-0.2, 0) is 9.53 Å². The number of phenols is 1. The highest BCUT2D eigenvalue weighted by atomic mass is 19.1. The largest absolute Gasteiger partial charge is 0.508 e. The summed E-state index contributed by atoms with van der Waals surface area (Å²) < 4.78 is 18.0. The van der Waals surface area contributed by atoms with Gasteiger partial charge < -0.3 is 14.9 Å². The molecule has 1 rings (SSSR count). The van der Waals surface area contributed by atoms with E-state index in [-0.39, 0.29) is 17.9 Å². The smallest absolute Gasteiger partial charge is 0.311 e. The number of rotatable bonds is 5. The van der Waals surface area contributed by atoms with Gasteiger partial charge >= 0.3 is 5.97 Å². The number of aromatic hydroxyl groups is 1. The summed E-state index contributed by atoms with van der Waals surface area (Å²) >= 11 is 0. The number of esters is 1. The van der Waals surface area contributed by atoms with Gasteiger partial charge in [-0.1, -0.05) is 6.92 Å². The van der Waals surface area contributed by atoms with E-state index in [9.17, 15) is 19.4 Å². The van der Waals surface area contributed by atoms with Gasteiger partial charge in [0.25, 0.3) is 0 Å². The summed E-state index contributed by atoms with van der Waals surface area (Å²) in [7, 11) is 0. The quantitative estimate of drug-likeness (QED) is 0.792. The molecule has 0 bridgehead atoms. The molecule has 5 heteroatoms. The van der Waals surface area contributed by atoms with Crippen molar-refractivity contribution in [1.82, 2.24) is 0 Å². The summed E-state index contributed by atoms with van der Waals surface area (Å²) in [5, 5.41) is 19.3. The minimum Gasteiger partial charge on any atom is -0.508 e. The summed E-state index contributed by atoms with van der Waals surface area (Å²) in [5.41, 5.74) is 0.160. The molecule has 0 spiro atoms. The molecule has 2 N–H and O–H groups in total. The Labute approximate surface area is 105 Å². The number of phenolic OH excluding ortho intramolecular Hbond substituents is 1. The molecule has 2 unspecified atom stereocenters. The van der Waals surface area contributed by atoms with Crippen molar-refractivity contribution in [1.29, 1.82) is 0 Å². The number of hydrogen-bond donors (Lipinski definition) is 2. The van der Waals surface area contributed by atoms with E-state index in [1.807, 2.05) is 0 Å². The van der Waals surface area contributed by atoms with Crippen molar-refractivity contribution >= 4 is 5.97 Å². The zero-order chi connectivity index (χ0) is 13.7. The molecule has 0 aromatic heterocycles. The number of benzene rings is 1. The molecule has 0 amide bonds. The number of carbonyl (C=O) groups excluding carboxylic acids is 1. The first-order valence-corrected chi connectivity index (χ1v) is 5.83. The van der Waals surface area contributed by atoms with Crippen LogP contribution in [0.2, 0.25) is 0 Å². The van der Waals surface area contributed by atoms with Crippen LogP contribution >= 0.6 is 0 Å². The van der Waals surface area contributed by atoms with Crippen molar-refractivity contribution < 1.29 is 24.1 Å². The number of ether oxygens (including phenoxy) is 1. The maximum Gasteiger partial charge on any atom is 0.311 e. The fourth-order valence-corrected chi connectivity index (χ4v) is 1.77. The monoisotopic (exact) mass is 256 g/mol. The molecule has 0 radical (unpaired) electrons. The van der Waals surface area contributed by atoms with Crippen LogP contribution in [0.1, 0.15) is 31.9 Å². The molecule has 0 fully saturated rings. The number of carbonyl (C=O) groups is 1. The third-order valence-electron chi connectivity index (χ3n) is 2.66. The van der Waals surface area contributed by atoms with Crippen LogP contribution in [-0.4, -0.2) is 22.8 Å². The van der Waals surface area contributed by atoms with Crippen molar-refractivity contribution in [2.45, 2.75) is 26.4 Å². The molecule has 2 atom stereocenters. The molecule has 0 heterocycles. The summed E-state index contributed by atoms with van der Waals surface area (Å²) in [6, 6.07) is 3.25. The standard InChI is InChI=1S/C13H17FO4/c1-3-11(13(17)18-4-2)12(16)8-5-9(14)7-10(15)6-8/h5-7,11-12,15-16H,3-4H2,1-2H3. The zero-order valence-electron chi connectivity index (χ0n) is 10.4. The van der Waals surface area contributed by atoms with E-state index in [0.29, 0.717) is 6.42 Å². The first kappa shape index (κ1) is 14.4. The number of aliphatic hydroxyl groups excluding tert-OH is 1. The van der Waals surface area contributed by atoms with Crippen LogP contribution in [0.5, 0.6) is 5.75 Å². The Kier molecular flexibility index (Phi) is 5.09. The van der Waals surface area contributed by atoms with Gasteiger partial charge in [0.1, 0.15) is 11.6 Å². The van der Waals surface area contributed by atoms with Crippen LogP contribution in [0.25, 0.3) is 0 Å². The fourth-order valence-electron chi connectivity index (χ4n) is 1.77. The minimum absolute atomic E-state index is 0.160. The van der Waals surface area contributed by atoms with E-state index in [1.165, 1.54) is 6.07 Å². The lowest BCUT2D eigenvalue weighted by atomic mass is 9.93. The molecule has 0 aliphatic heterocycles. The van der Waals surface area contributed by atoms with E-state index in [1.54, 1.807) is 13.8 Å². The second-order valence-corrected chi connectivity index (χ2v) is 3.95. The SMILES string of the molecule is CCOC(=O)C(CC)C(O)c1cc(O)cc(F)c1. The molecule has 0 aliphatic carbocycles. The third-order valence-corrected chi connectivity index (χ3v) is 2.66. The van der Waals surface area contributed by atoms with Gasteiger partial charge in [0, 0.05) is 6.07 Å². The zero-order valence-corrected chi connectivity index (χ0v) is 10.4. The van der Waals surface area contributed by atoms with Crippen molar-refractivity contribution in [3.63, 3.8) is 0 Å². The van der Waals surface area contributed by atoms with Gasteiger partial charge in [-0.05, 0) is 31.0 Å². The van der Waals surface area contributed by atoms with Gasteiger partial charge in [0.05, 0.1) is 18.6 Å². The van der Waals surface area contributed by atoms with Crippen molar-refractivity contribution in [3.8, 4) is 5.75 Å². The van der Waals surface area contributed by atoms with E-state index < -0.39 is 23.8 Å². The lowest BCUT2D eigenvalue weighted by Gasteiger charge is -2.20. The Hall–Kier alpha value is -1.62. The van der Waals surface area contributed by atoms with Crippen LogP contribution in [0, 0.1) is 11.7 Å². The molecular weight excluding hydrogens is 239 g/mol. The maximum absolute atomic E-state index is 13.1. The Balaban J connectivity index is 2.95. The highest BCUT2D eigenvalue weighted by molar-refractivity contribution is 5.73. The second-order valence-electron chi connectivity index (χ2n) is 3.95. The van der Waals surface area contributed by atoms with Gasteiger partial charge in [0.2, 0.25) is 0 Å². The van der Waals surface area contributed by atoms with Crippen LogP contribution in [0.3, 0.4) is 0 Å². The molecule has 0 saturated carbocycles. The van der Waals surface area contributed by atoms with Crippen molar-refractivity contribution in [2.75, 3.05) is 6.61 Å². The first-order valence-electron chi connectivity index (χ1n) is 5.83. The maximum atomic E-state index is 13.1. The van der Waals surface area contributed by atoms with Crippen molar-refractivity contribution in [3.05, 3.63) is 29.6 Å². The highest BCUT2D eigenvalue weighted by Crippen LogP contribution is 2.28. The Morgan fingerprint density at radius 2 is 2.06 bits per heavy atom. The lowest BCUT2D eigenvalue weighted by Crippen LogP contribution is -2.24. The molecule has 1 aromatic rings. The van der Waals surface area contributed by atoms with Gasteiger partial charge in [-0.2, -0.15) is 0 Å². The predicted octanol–water partition coefficient (Wildman–Crippen LogP) is 2.15. The average Bonchev–Trinajstić information content (AvgIpc) is 2.28. The third kappa shape index (κ3) is 3.43. The van der Waals surface area contributed by atoms with Gasteiger partial charge in [-0.3, -0.25) is 4.79 Å². The Morgan fingerprint density at radius 1 is 1.39 bits per heavy atom. The molecule has 100 valence electrons. The van der Waals surface area contributed by atoms with E-state index >= 15 is 0 Å². The Bertz CT molecular complexity index is 399. The normalized spacial score (nSPS) is 14.0. The topological polar surface area (TPSA) is 66.8 Å². The number of hydrogen-bond acceptors (Lipinski definition) is 4.